The summed E-state index contributed by atoms with van der Waals surface area (Å²) in [5, 5.41) is 7.18. The highest BCUT2D eigenvalue weighted by atomic mass is 16.5. The van der Waals surface area contributed by atoms with Crippen LogP contribution >= 0.6 is 0 Å². The van der Waals surface area contributed by atoms with E-state index >= 15 is 0 Å². The van der Waals surface area contributed by atoms with Gasteiger partial charge in [0.1, 0.15) is 22.9 Å². The quantitative estimate of drug-likeness (QED) is 0.909. The molecule has 2 heterocycles. The third-order valence-electron chi connectivity index (χ3n) is 4.12. The topological polar surface area (TPSA) is 68.6 Å². The third-order valence-corrected chi connectivity index (χ3v) is 4.12. The van der Waals surface area contributed by atoms with Crippen LogP contribution in [0.3, 0.4) is 0 Å². The average molecular weight is 344 g/mol. The van der Waals surface area contributed by atoms with Gasteiger partial charge < -0.3 is 14.4 Å². The number of anilines is 1. The Hall–Kier alpha value is -2.70. The number of carbonyl (C=O) groups excluding carboxylic acids is 1. The maximum absolute atomic E-state index is 12.8. The summed E-state index contributed by atoms with van der Waals surface area (Å²) in [5.41, 5.74) is 1.29. The van der Waals surface area contributed by atoms with E-state index in [1.54, 1.807) is 23.7 Å². The zero-order valence-electron chi connectivity index (χ0n) is 15.3. The van der Waals surface area contributed by atoms with Crippen LogP contribution in [-0.2, 0) is 13.6 Å². The van der Waals surface area contributed by atoms with Gasteiger partial charge in [-0.15, -0.1) is 0 Å². The van der Waals surface area contributed by atoms with Crippen LogP contribution in [0.2, 0.25) is 0 Å². The molecule has 0 spiro atoms. The maximum Gasteiger partial charge on any atom is 0.323 e. The van der Waals surface area contributed by atoms with E-state index in [9.17, 15) is 4.79 Å². The van der Waals surface area contributed by atoms with Gasteiger partial charge in [0.2, 0.25) is 0 Å². The summed E-state index contributed by atoms with van der Waals surface area (Å²) in [6, 6.07) is 7.34. The van der Waals surface area contributed by atoms with Crippen LogP contribution in [0.5, 0.6) is 11.5 Å². The van der Waals surface area contributed by atoms with Gasteiger partial charge in [-0.1, -0.05) is 0 Å². The molecule has 1 aliphatic rings. The van der Waals surface area contributed by atoms with Crippen LogP contribution in [0.1, 0.15) is 25.1 Å². The fourth-order valence-corrected chi connectivity index (χ4v) is 3.00. The number of urea groups is 1. The van der Waals surface area contributed by atoms with E-state index in [0.29, 0.717) is 18.9 Å². The number of carbonyl (C=O) groups is 1. The Kier molecular flexibility index (Phi) is 4.32. The Morgan fingerprint density at radius 1 is 1.36 bits per heavy atom. The molecule has 7 nitrogen and oxygen atoms in total. The molecule has 0 fully saturated rings. The first-order valence-corrected chi connectivity index (χ1v) is 8.20. The number of fused-ring (bicyclic) bond motifs is 1. The lowest BCUT2D eigenvalue weighted by atomic mass is 10.1. The van der Waals surface area contributed by atoms with Gasteiger partial charge in [0.15, 0.2) is 0 Å². The number of nitrogens with one attached hydrogen (secondary N) is 1. The largest absolute Gasteiger partial charge is 0.497 e. The number of methoxy groups -OCH3 is 1. The zero-order chi connectivity index (χ0) is 18.2. The fraction of sp³-hybridized carbons (Fsp3) is 0.444. The number of benzene rings is 1. The summed E-state index contributed by atoms with van der Waals surface area (Å²) in [4.78, 5) is 14.5. The molecule has 7 heteroatoms. The molecule has 25 heavy (non-hydrogen) atoms. The first kappa shape index (κ1) is 17.1. The van der Waals surface area contributed by atoms with Crippen LogP contribution in [0.25, 0.3) is 0 Å². The minimum atomic E-state index is -0.517. The van der Waals surface area contributed by atoms with Crippen molar-refractivity contribution < 1.29 is 14.3 Å². The summed E-state index contributed by atoms with van der Waals surface area (Å²) >= 11 is 0. The molecule has 0 unspecified atom stereocenters. The number of nitrogens with zero attached hydrogens (tertiary/aromatic N) is 3. The number of hydrogen-bond donors (Lipinski definition) is 1. The lowest BCUT2D eigenvalue weighted by molar-refractivity contribution is 0.0832. The van der Waals surface area contributed by atoms with E-state index in [1.807, 2.05) is 45.0 Å². The molecule has 134 valence electrons. The molecular weight excluding hydrogens is 320 g/mol. The first-order valence-electron chi connectivity index (χ1n) is 8.20. The standard InChI is InChI=1S/C18H24N4O3/c1-12-8-16(21(4)20-12)19-17(23)22-10-13-6-7-14(24-5)9-15(13)25-18(2,3)11-22/h6-9H,10-11H2,1-5H3,(H,19,23). The van der Waals surface area contributed by atoms with Gasteiger partial charge in [0, 0.05) is 24.7 Å². The van der Waals surface area contributed by atoms with Gasteiger partial charge in [-0.05, 0) is 32.9 Å². The Morgan fingerprint density at radius 3 is 2.76 bits per heavy atom. The maximum atomic E-state index is 12.8. The van der Waals surface area contributed by atoms with Gasteiger partial charge in [-0.2, -0.15) is 5.10 Å². The molecule has 1 aromatic heterocycles. The molecule has 2 amide bonds. The molecule has 0 bridgehead atoms. The number of hydrogen-bond acceptors (Lipinski definition) is 4. The summed E-state index contributed by atoms with van der Waals surface area (Å²) in [7, 11) is 3.43. The second kappa shape index (κ2) is 6.31. The monoisotopic (exact) mass is 344 g/mol. The molecule has 0 saturated carbocycles. The van der Waals surface area contributed by atoms with E-state index in [4.69, 9.17) is 9.47 Å². The van der Waals surface area contributed by atoms with Crippen molar-refractivity contribution in [3.05, 3.63) is 35.5 Å². The molecule has 0 saturated heterocycles. The Morgan fingerprint density at radius 2 is 2.12 bits per heavy atom. The number of ether oxygens (including phenoxy) is 2. The molecule has 0 aliphatic carbocycles. The van der Waals surface area contributed by atoms with Crippen LogP contribution < -0.4 is 14.8 Å². The van der Waals surface area contributed by atoms with Crippen LogP contribution in [-0.4, -0.2) is 40.0 Å². The van der Waals surface area contributed by atoms with E-state index < -0.39 is 5.60 Å². The highest BCUT2D eigenvalue weighted by molar-refractivity contribution is 5.88. The van der Waals surface area contributed by atoms with Gasteiger partial charge in [-0.25, -0.2) is 4.79 Å². The zero-order valence-corrected chi connectivity index (χ0v) is 15.3. The van der Waals surface area contributed by atoms with Crippen molar-refractivity contribution in [2.24, 2.45) is 7.05 Å². The summed E-state index contributed by atoms with van der Waals surface area (Å²) in [6.45, 7) is 6.76. The van der Waals surface area contributed by atoms with Gasteiger partial charge in [0.25, 0.3) is 0 Å². The normalized spacial score (nSPS) is 15.8. The predicted molar refractivity (Wildman–Crippen MR) is 95.1 cm³/mol. The van der Waals surface area contributed by atoms with Gasteiger partial charge >= 0.3 is 6.03 Å². The predicted octanol–water partition coefficient (Wildman–Crippen LogP) is 2.94. The van der Waals surface area contributed by atoms with Crippen molar-refractivity contribution in [1.29, 1.82) is 0 Å². The van der Waals surface area contributed by atoms with Crippen molar-refractivity contribution in [2.45, 2.75) is 32.9 Å². The van der Waals surface area contributed by atoms with Crippen molar-refractivity contribution in [1.82, 2.24) is 14.7 Å². The molecular formula is C18H24N4O3. The fourth-order valence-electron chi connectivity index (χ4n) is 3.00. The molecule has 3 rings (SSSR count). The van der Waals surface area contributed by atoms with Gasteiger partial charge in [0.05, 0.1) is 25.9 Å². The molecule has 2 aromatic rings. The van der Waals surface area contributed by atoms with Crippen LogP contribution in [0, 0.1) is 6.92 Å². The first-order chi connectivity index (χ1) is 11.8. The Bertz CT molecular complexity index is 798. The molecule has 1 N–H and O–H groups in total. The number of aryl methyl sites for hydroxylation is 2. The van der Waals surface area contributed by atoms with E-state index in [-0.39, 0.29) is 6.03 Å². The average Bonchev–Trinajstić information content (AvgIpc) is 2.76. The number of aromatic nitrogens is 2. The highest BCUT2D eigenvalue weighted by Crippen LogP contribution is 2.32. The molecule has 1 aliphatic heterocycles. The van der Waals surface area contributed by atoms with Crippen LogP contribution in [0.4, 0.5) is 10.6 Å². The number of rotatable bonds is 2. The molecule has 0 atom stereocenters. The van der Waals surface area contributed by atoms with Crippen molar-refractivity contribution in [2.75, 3.05) is 19.0 Å². The third kappa shape index (κ3) is 3.70. The van der Waals surface area contributed by atoms with E-state index in [2.05, 4.69) is 10.4 Å². The van der Waals surface area contributed by atoms with E-state index in [0.717, 1.165) is 22.8 Å². The van der Waals surface area contributed by atoms with Crippen LogP contribution in [0.15, 0.2) is 24.3 Å². The highest BCUT2D eigenvalue weighted by Gasteiger charge is 2.32. The Labute approximate surface area is 147 Å². The minimum absolute atomic E-state index is 0.177. The van der Waals surface area contributed by atoms with Crippen molar-refractivity contribution >= 4 is 11.8 Å². The second-order valence-corrected chi connectivity index (χ2v) is 6.92. The van der Waals surface area contributed by atoms with Crippen molar-refractivity contribution in [3.63, 3.8) is 0 Å². The molecule has 0 radical (unpaired) electrons. The van der Waals surface area contributed by atoms with Crippen molar-refractivity contribution in [3.8, 4) is 11.5 Å². The summed E-state index contributed by atoms with van der Waals surface area (Å²) in [6.07, 6.45) is 0. The minimum Gasteiger partial charge on any atom is -0.497 e. The lowest BCUT2D eigenvalue weighted by Crippen LogP contribution is -2.45. The second-order valence-electron chi connectivity index (χ2n) is 6.92. The van der Waals surface area contributed by atoms with Gasteiger partial charge in [-0.3, -0.25) is 10.00 Å². The number of amides is 2. The Balaban J connectivity index is 1.85. The van der Waals surface area contributed by atoms with E-state index in [1.165, 1.54) is 0 Å². The summed E-state index contributed by atoms with van der Waals surface area (Å²) < 4.78 is 13.1. The SMILES string of the molecule is COc1ccc2c(c1)OC(C)(C)CN(C(=O)Nc1cc(C)nn1C)C2. The lowest BCUT2D eigenvalue weighted by Gasteiger charge is -2.29. The smallest absolute Gasteiger partial charge is 0.323 e. The molecule has 1 aromatic carbocycles. The summed E-state index contributed by atoms with van der Waals surface area (Å²) in [5.74, 6) is 2.15.